The fraction of sp³-hybridized carbons (Fsp3) is 0.320. The monoisotopic (exact) mass is 522 g/mol. The molecule has 4 aromatic rings. The van der Waals surface area contributed by atoms with Crippen LogP contribution in [0.25, 0.3) is 11.2 Å². The molecular weight excluding hydrogens is 496 g/mol. The molecule has 0 aliphatic carbocycles. The number of aromatic nitrogens is 5. The number of piperidine rings is 1. The summed E-state index contributed by atoms with van der Waals surface area (Å²) in [7, 11) is -2.35. The number of methoxy groups -OCH3 is 1. The zero-order valence-corrected chi connectivity index (χ0v) is 21.2. The summed E-state index contributed by atoms with van der Waals surface area (Å²) in [5, 5.41) is 8.09. The molecule has 37 heavy (non-hydrogen) atoms. The van der Waals surface area contributed by atoms with Crippen LogP contribution < -0.4 is 5.56 Å². The third kappa shape index (κ3) is 4.89. The summed E-state index contributed by atoms with van der Waals surface area (Å²) in [5.74, 6) is -0.304. The van der Waals surface area contributed by atoms with Crippen molar-refractivity contribution in [1.82, 2.24) is 29.3 Å². The topological polar surface area (TPSA) is 140 Å². The highest BCUT2D eigenvalue weighted by Gasteiger charge is 2.32. The van der Waals surface area contributed by atoms with Crippen molar-refractivity contribution in [2.24, 2.45) is 0 Å². The van der Waals surface area contributed by atoms with Gasteiger partial charge in [0.2, 0.25) is 10.0 Å². The molecular formula is C25H26N6O5S. The molecule has 1 aliphatic rings. The second-order valence-electron chi connectivity index (χ2n) is 9.07. The molecule has 0 saturated carbocycles. The molecule has 0 amide bonds. The Hall–Kier alpha value is -3.90. The van der Waals surface area contributed by atoms with E-state index < -0.39 is 21.6 Å². The number of ether oxygens (including phenoxy) is 1. The van der Waals surface area contributed by atoms with E-state index in [4.69, 9.17) is 4.74 Å². The van der Waals surface area contributed by atoms with Gasteiger partial charge in [-0.25, -0.2) is 22.9 Å². The third-order valence-electron chi connectivity index (χ3n) is 6.53. The Morgan fingerprint density at radius 1 is 1.14 bits per heavy atom. The Balaban J connectivity index is 1.41. The van der Waals surface area contributed by atoms with Gasteiger partial charge in [0, 0.05) is 19.0 Å². The van der Waals surface area contributed by atoms with Crippen LogP contribution in [0, 0.1) is 6.92 Å². The number of carbonyl (C=O) groups is 1. The SMILES string of the molecule is COC(=O)c1ccc(Cn2nnc3c(=O)[nH]c([C@H]4CCCN(S(=O)(=O)c5ccc(C)cc5)C4)nc32)cc1. The summed E-state index contributed by atoms with van der Waals surface area (Å²) in [4.78, 5) is 32.2. The van der Waals surface area contributed by atoms with Crippen molar-refractivity contribution in [3.05, 3.63) is 81.4 Å². The largest absolute Gasteiger partial charge is 0.465 e. The fourth-order valence-electron chi connectivity index (χ4n) is 4.46. The lowest BCUT2D eigenvalue weighted by Gasteiger charge is -2.31. The van der Waals surface area contributed by atoms with E-state index in [0.29, 0.717) is 36.4 Å². The van der Waals surface area contributed by atoms with Crippen LogP contribution in [-0.2, 0) is 21.3 Å². The number of aromatic amines is 1. The molecule has 1 aliphatic heterocycles. The van der Waals surface area contributed by atoms with E-state index in [1.807, 2.05) is 6.92 Å². The molecule has 3 heterocycles. The van der Waals surface area contributed by atoms with Crippen LogP contribution in [0.1, 0.15) is 46.1 Å². The predicted molar refractivity (Wildman–Crippen MR) is 135 cm³/mol. The van der Waals surface area contributed by atoms with Crippen molar-refractivity contribution in [2.75, 3.05) is 20.2 Å². The van der Waals surface area contributed by atoms with Crippen molar-refractivity contribution in [3.8, 4) is 0 Å². The van der Waals surface area contributed by atoms with E-state index in [0.717, 1.165) is 11.1 Å². The predicted octanol–water partition coefficient (Wildman–Crippen LogP) is 2.23. The van der Waals surface area contributed by atoms with E-state index in [1.165, 1.54) is 16.1 Å². The molecule has 0 spiro atoms. The van der Waals surface area contributed by atoms with Gasteiger partial charge in [-0.3, -0.25) is 4.79 Å². The fourth-order valence-corrected chi connectivity index (χ4v) is 5.99. The standard InChI is InChI=1S/C25H26N6O5S/c1-16-5-11-20(12-6-16)37(34,35)30-13-3-4-19(15-30)22-26-23-21(24(32)27-22)28-29-31(23)14-17-7-9-18(10-8-17)25(33)36-2/h5-12,19H,3-4,13-15H2,1-2H3,(H,26,27,32)/t19-/m0/s1. The number of nitrogens with zero attached hydrogens (tertiary/aromatic N) is 5. The van der Waals surface area contributed by atoms with Crippen LogP contribution >= 0.6 is 0 Å². The van der Waals surface area contributed by atoms with Gasteiger partial charge >= 0.3 is 5.97 Å². The Kier molecular flexibility index (Phi) is 6.61. The van der Waals surface area contributed by atoms with Crippen molar-refractivity contribution >= 4 is 27.2 Å². The number of hydrogen-bond donors (Lipinski definition) is 1. The van der Waals surface area contributed by atoms with E-state index >= 15 is 0 Å². The Labute approximate surface area is 213 Å². The molecule has 5 rings (SSSR count). The van der Waals surface area contributed by atoms with Crippen molar-refractivity contribution in [2.45, 2.75) is 37.1 Å². The average Bonchev–Trinajstić information content (AvgIpc) is 3.32. The molecule has 192 valence electrons. The number of benzene rings is 2. The highest BCUT2D eigenvalue weighted by Crippen LogP contribution is 2.29. The minimum absolute atomic E-state index is 0.106. The molecule has 1 N–H and O–H groups in total. The maximum absolute atomic E-state index is 13.2. The molecule has 12 heteroatoms. The summed E-state index contributed by atoms with van der Waals surface area (Å²) >= 11 is 0. The third-order valence-corrected chi connectivity index (χ3v) is 8.41. The Morgan fingerprint density at radius 3 is 2.57 bits per heavy atom. The van der Waals surface area contributed by atoms with E-state index in [9.17, 15) is 18.0 Å². The van der Waals surface area contributed by atoms with Crippen LogP contribution in [-0.4, -0.2) is 63.9 Å². The summed E-state index contributed by atoms with van der Waals surface area (Å²) in [6.45, 7) is 2.80. The first-order valence-corrected chi connectivity index (χ1v) is 13.3. The van der Waals surface area contributed by atoms with Gasteiger partial charge in [0.05, 0.1) is 24.1 Å². The number of H-pyrrole nitrogens is 1. The highest BCUT2D eigenvalue weighted by molar-refractivity contribution is 7.89. The molecule has 2 aromatic carbocycles. The first-order chi connectivity index (χ1) is 17.8. The second-order valence-corrected chi connectivity index (χ2v) is 11.0. The lowest BCUT2D eigenvalue weighted by molar-refractivity contribution is 0.0600. The molecule has 1 fully saturated rings. The minimum Gasteiger partial charge on any atom is -0.465 e. The smallest absolute Gasteiger partial charge is 0.337 e. The molecule has 11 nitrogen and oxygen atoms in total. The van der Waals surface area contributed by atoms with Crippen LogP contribution in [0.4, 0.5) is 0 Å². The number of fused-ring (bicyclic) bond motifs is 1. The van der Waals surface area contributed by atoms with Crippen LogP contribution in [0.2, 0.25) is 0 Å². The van der Waals surface area contributed by atoms with E-state index in [-0.39, 0.29) is 29.4 Å². The first-order valence-electron chi connectivity index (χ1n) is 11.8. The molecule has 0 unspecified atom stereocenters. The molecule has 0 radical (unpaired) electrons. The number of rotatable bonds is 6. The van der Waals surface area contributed by atoms with Gasteiger partial charge in [0.25, 0.3) is 5.56 Å². The summed E-state index contributed by atoms with van der Waals surface area (Å²) in [6.07, 6.45) is 1.33. The number of esters is 1. The number of hydrogen-bond acceptors (Lipinski definition) is 8. The second kappa shape index (κ2) is 9.87. The number of sulfonamides is 1. The zero-order valence-electron chi connectivity index (χ0n) is 20.4. The zero-order chi connectivity index (χ0) is 26.2. The van der Waals surface area contributed by atoms with Gasteiger partial charge < -0.3 is 9.72 Å². The van der Waals surface area contributed by atoms with Gasteiger partial charge in [-0.15, -0.1) is 5.10 Å². The molecule has 0 bridgehead atoms. The lowest BCUT2D eigenvalue weighted by Crippen LogP contribution is -2.39. The average molecular weight is 523 g/mol. The quantitative estimate of drug-likeness (QED) is 0.380. The lowest BCUT2D eigenvalue weighted by atomic mass is 9.99. The van der Waals surface area contributed by atoms with Crippen molar-refractivity contribution in [1.29, 1.82) is 0 Å². The highest BCUT2D eigenvalue weighted by atomic mass is 32.2. The van der Waals surface area contributed by atoms with Gasteiger partial charge in [-0.1, -0.05) is 35.0 Å². The van der Waals surface area contributed by atoms with E-state index in [1.54, 1.807) is 48.5 Å². The van der Waals surface area contributed by atoms with Gasteiger partial charge in [0.1, 0.15) is 5.82 Å². The summed E-state index contributed by atoms with van der Waals surface area (Å²) < 4.78 is 34.2. The Bertz CT molecular complexity index is 1610. The molecule has 1 saturated heterocycles. The van der Waals surface area contributed by atoms with Crippen molar-refractivity contribution < 1.29 is 17.9 Å². The van der Waals surface area contributed by atoms with Crippen LogP contribution in [0.3, 0.4) is 0 Å². The number of nitrogens with one attached hydrogen (secondary N) is 1. The number of aryl methyl sites for hydroxylation is 1. The number of carbonyl (C=O) groups excluding carboxylic acids is 1. The Morgan fingerprint density at radius 2 is 1.86 bits per heavy atom. The van der Waals surface area contributed by atoms with Crippen LogP contribution in [0.5, 0.6) is 0 Å². The van der Waals surface area contributed by atoms with E-state index in [2.05, 4.69) is 20.3 Å². The summed E-state index contributed by atoms with van der Waals surface area (Å²) in [5.41, 5.74) is 2.23. The maximum atomic E-state index is 13.2. The first kappa shape index (κ1) is 24.8. The van der Waals surface area contributed by atoms with Gasteiger partial charge in [-0.2, -0.15) is 4.31 Å². The normalized spacial score (nSPS) is 16.6. The minimum atomic E-state index is -3.67. The van der Waals surface area contributed by atoms with Crippen molar-refractivity contribution in [3.63, 3.8) is 0 Å². The molecule has 1 atom stereocenters. The van der Waals surface area contributed by atoms with Crippen LogP contribution in [0.15, 0.2) is 58.2 Å². The maximum Gasteiger partial charge on any atom is 0.337 e. The molecule has 2 aromatic heterocycles. The van der Waals surface area contributed by atoms with Gasteiger partial charge in [-0.05, 0) is 49.6 Å². The summed E-state index contributed by atoms with van der Waals surface area (Å²) in [6, 6.07) is 13.6. The van der Waals surface area contributed by atoms with Gasteiger partial charge in [0.15, 0.2) is 11.2 Å².